The topological polar surface area (TPSA) is 54.0 Å². The molecule has 1 amide bonds. The summed E-state index contributed by atoms with van der Waals surface area (Å²) in [4.78, 5) is 16.3. The maximum absolute atomic E-state index is 12.0. The molecule has 1 saturated carbocycles. The van der Waals surface area contributed by atoms with Crippen LogP contribution in [-0.4, -0.2) is 23.5 Å². The number of hydrogen-bond donors (Lipinski definition) is 2. The minimum absolute atomic E-state index is 0.0629. The molecular formula is C14H21N3O. The lowest BCUT2D eigenvalue weighted by molar-refractivity contribution is 0.0891. The first kappa shape index (κ1) is 12.9. The van der Waals surface area contributed by atoms with Crippen molar-refractivity contribution in [3.05, 3.63) is 23.9 Å². The van der Waals surface area contributed by atoms with Gasteiger partial charge in [0.05, 0.1) is 0 Å². The van der Waals surface area contributed by atoms with Crippen molar-refractivity contribution in [2.24, 2.45) is 5.92 Å². The van der Waals surface area contributed by atoms with Gasteiger partial charge >= 0.3 is 0 Å². The van der Waals surface area contributed by atoms with Crippen molar-refractivity contribution >= 4 is 11.7 Å². The molecule has 0 saturated heterocycles. The summed E-state index contributed by atoms with van der Waals surface area (Å²) in [6, 6.07) is 5.84. The number of hydrogen-bond acceptors (Lipinski definition) is 3. The second-order valence-electron chi connectivity index (χ2n) is 5.08. The highest BCUT2D eigenvalue weighted by molar-refractivity contribution is 5.92. The van der Waals surface area contributed by atoms with E-state index in [4.69, 9.17) is 0 Å². The fraction of sp³-hybridized carbons (Fsp3) is 0.571. The lowest BCUT2D eigenvalue weighted by Gasteiger charge is -2.33. The van der Waals surface area contributed by atoms with E-state index < -0.39 is 0 Å². The lowest BCUT2D eigenvalue weighted by Crippen LogP contribution is -2.43. The van der Waals surface area contributed by atoms with Crippen LogP contribution in [0.1, 0.15) is 43.6 Å². The summed E-state index contributed by atoms with van der Waals surface area (Å²) in [5.74, 6) is 1.44. The fourth-order valence-electron chi connectivity index (χ4n) is 2.19. The third-order valence-corrected chi connectivity index (χ3v) is 3.25. The van der Waals surface area contributed by atoms with Crippen LogP contribution in [0.15, 0.2) is 18.2 Å². The molecule has 4 heteroatoms. The van der Waals surface area contributed by atoms with Gasteiger partial charge in [0, 0.05) is 12.6 Å². The summed E-state index contributed by atoms with van der Waals surface area (Å²) in [6.45, 7) is 5.18. The molecule has 0 aromatic carbocycles. The number of carbonyl (C=O) groups excluding carboxylic acids is 1. The molecule has 1 aliphatic carbocycles. The van der Waals surface area contributed by atoms with Crippen LogP contribution >= 0.6 is 0 Å². The molecule has 0 aliphatic heterocycles. The molecule has 1 fully saturated rings. The van der Waals surface area contributed by atoms with Crippen LogP contribution in [0.5, 0.6) is 0 Å². The average Bonchev–Trinajstić information content (AvgIpc) is 2.35. The summed E-state index contributed by atoms with van der Waals surface area (Å²) in [5.41, 5.74) is 0.496. The molecule has 2 rings (SSSR count). The zero-order chi connectivity index (χ0) is 13.0. The molecule has 0 radical (unpaired) electrons. The van der Waals surface area contributed by atoms with Gasteiger partial charge < -0.3 is 10.6 Å². The highest BCUT2D eigenvalue weighted by atomic mass is 16.1. The summed E-state index contributed by atoms with van der Waals surface area (Å²) in [6.07, 6.45) is 3.21. The van der Waals surface area contributed by atoms with Crippen molar-refractivity contribution in [3.8, 4) is 0 Å². The SMILES string of the molecule is CCCNc1cccc(C(=O)NC2CC(C)C2)n1. The molecule has 0 unspecified atom stereocenters. The van der Waals surface area contributed by atoms with Crippen molar-refractivity contribution in [2.45, 2.75) is 39.2 Å². The maximum atomic E-state index is 12.0. The zero-order valence-electron chi connectivity index (χ0n) is 11.1. The van der Waals surface area contributed by atoms with Gasteiger partial charge in [-0.15, -0.1) is 0 Å². The number of pyridine rings is 1. The van der Waals surface area contributed by atoms with Gasteiger partial charge in [0.2, 0.25) is 0 Å². The summed E-state index contributed by atoms with van der Waals surface area (Å²) in [5, 5.41) is 6.20. The van der Waals surface area contributed by atoms with Crippen LogP contribution in [0.2, 0.25) is 0 Å². The third-order valence-electron chi connectivity index (χ3n) is 3.25. The largest absolute Gasteiger partial charge is 0.370 e. The lowest BCUT2D eigenvalue weighted by atomic mass is 9.82. The Morgan fingerprint density at radius 3 is 2.89 bits per heavy atom. The third kappa shape index (κ3) is 3.22. The van der Waals surface area contributed by atoms with Crippen molar-refractivity contribution in [2.75, 3.05) is 11.9 Å². The number of aromatic nitrogens is 1. The monoisotopic (exact) mass is 247 g/mol. The van der Waals surface area contributed by atoms with Gasteiger partial charge in [-0.2, -0.15) is 0 Å². The number of amides is 1. The molecule has 18 heavy (non-hydrogen) atoms. The standard InChI is InChI=1S/C14H21N3O/c1-3-7-15-13-6-4-5-12(17-13)14(18)16-11-8-10(2)9-11/h4-6,10-11H,3,7-9H2,1-2H3,(H,15,17)(H,16,18). The Labute approximate surface area is 108 Å². The van der Waals surface area contributed by atoms with Crippen molar-refractivity contribution in [1.82, 2.24) is 10.3 Å². The van der Waals surface area contributed by atoms with Crippen molar-refractivity contribution < 1.29 is 4.79 Å². The first-order valence-corrected chi connectivity index (χ1v) is 6.71. The molecule has 1 aliphatic rings. The smallest absolute Gasteiger partial charge is 0.270 e. The Balaban J connectivity index is 1.92. The van der Waals surface area contributed by atoms with Crippen LogP contribution in [0.3, 0.4) is 0 Å². The van der Waals surface area contributed by atoms with Gasteiger partial charge in [-0.05, 0) is 37.3 Å². The Kier molecular flexibility index (Phi) is 4.18. The van der Waals surface area contributed by atoms with E-state index in [-0.39, 0.29) is 5.91 Å². The van der Waals surface area contributed by atoms with E-state index in [1.54, 1.807) is 6.07 Å². The second kappa shape index (κ2) is 5.85. The molecule has 0 spiro atoms. The van der Waals surface area contributed by atoms with Gasteiger partial charge in [-0.3, -0.25) is 4.79 Å². The van der Waals surface area contributed by atoms with Gasteiger partial charge in [0.15, 0.2) is 0 Å². The second-order valence-corrected chi connectivity index (χ2v) is 5.08. The van der Waals surface area contributed by atoms with E-state index in [0.717, 1.165) is 37.5 Å². The van der Waals surface area contributed by atoms with Crippen LogP contribution < -0.4 is 10.6 Å². The predicted molar refractivity (Wildman–Crippen MR) is 72.7 cm³/mol. The van der Waals surface area contributed by atoms with Gasteiger partial charge in [0.1, 0.15) is 11.5 Å². The first-order valence-electron chi connectivity index (χ1n) is 6.71. The average molecular weight is 247 g/mol. The molecule has 98 valence electrons. The number of carbonyl (C=O) groups is 1. The van der Waals surface area contributed by atoms with Crippen LogP contribution in [-0.2, 0) is 0 Å². The van der Waals surface area contributed by atoms with Gasteiger partial charge in [-0.25, -0.2) is 4.98 Å². The Morgan fingerprint density at radius 1 is 1.44 bits per heavy atom. The van der Waals surface area contributed by atoms with E-state index in [1.807, 2.05) is 12.1 Å². The van der Waals surface area contributed by atoms with Gasteiger partial charge in [-0.1, -0.05) is 19.9 Å². The molecule has 1 aromatic rings. The van der Waals surface area contributed by atoms with E-state index in [2.05, 4.69) is 29.5 Å². The van der Waals surface area contributed by atoms with Crippen molar-refractivity contribution in [3.63, 3.8) is 0 Å². The van der Waals surface area contributed by atoms with Gasteiger partial charge in [0.25, 0.3) is 5.91 Å². The normalized spacial score (nSPS) is 22.1. The number of nitrogens with one attached hydrogen (secondary N) is 2. The zero-order valence-corrected chi connectivity index (χ0v) is 11.1. The predicted octanol–water partition coefficient (Wildman–Crippen LogP) is 2.43. The number of rotatable bonds is 5. The minimum atomic E-state index is -0.0629. The van der Waals surface area contributed by atoms with E-state index in [1.165, 1.54) is 0 Å². The minimum Gasteiger partial charge on any atom is -0.370 e. The van der Waals surface area contributed by atoms with Crippen LogP contribution in [0.4, 0.5) is 5.82 Å². The summed E-state index contributed by atoms with van der Waals surface area (Å²) in [7, 11) is 0. The molecule has 2 N–H and O–H groups in total. The molecule has 1 aromatic heterocycles. The van der Waals surface area contributed by atoms with E-state index in [9.17, 15) is 4.79 Å². The van der Waals surface area contributed by atoms with E-state index >= 15 is 0 Å². The Hall–Kier alpha value is -1.58. The molecule has 0 bridgehead atoms. The first-order chi connectivity index (χ1) is 8.69. The molecular weight excluding hydrogens is 226 g/mol. The maximum Gasteiger partial charge on any atom is 0.270 e. The van der Waals surface area contributed by atoms with Crippen LogP contribution in [0.25, 0.3) is 0 Å². The molecule has 4 nitrogen and oxygen atoms in total. The summed E-state index contributed by atoms with van der Waals surface area (Å²) >= 11 is 0. The highest BCUT2D eigenvalue weighted by Gasteiger charge is 2.27. The van der Waals surface area contributed by atoms with E-state index in [0.29, 0.717) is 11.7 Å². The summed E-state index contributed by atoms with van der Waals surface area (Å²) < 4.78 is 0. The quantitative estimate of drug-likeness (QED) is 0.840. The highest BCUT2D eigenvalue weighted by Crippen LogP contribution is 2.26. The Morgan fingerprint density at radius 2 is 2.22 bits per heavy atom. The molecule has 0 atom stereocenters. The number of nitrogens with zero attached hydrogens (tertiary/aromatic N) is 1. The Bertz CT molecular complexity index is 413. The fourth-order valence-corrected chi connectivity index (χ4v) is 2.19. The van der Waals surface area contributed by atoms with Crippen molar-refractivity contribution in [1.29, 1.82) is 0 Å². The van der Waals surface area contributed by atoms with Crippen LogP contribution in [0, 0.1) is 5.92 Å². The number of anilines is 1. The molecule has 1 heterocycles.